The van der Waals surface area contributed by atoms with Crippen LogP contribution in [0.3, 0.4) is 0 Å². The smallest absolute Gasteiger partial charge is 0.0732 e. The molecule has 1 rings (SSSR count). The summed E-state index contributed by atoms with van der Waals surface area (Å²) in [6.45, 7) is 19.3. The molecule has 0 spiro atoms. The van der Waals surface area contributed by atoms with Crippen molar-refractivity contribution in [2.75, 3.05) is 0 Å². The van der Waals surface area contributed by atoms with Crippen LogP contribution in [0.4, 0.5) is 0 Å². The van der Waals surface area contributed by atoms with E-state index in [1.807, 2.05) is 0 Å². The van der Waals surface area contributed by atoms with Crippen molar-refractivity contribution in [1.29, 1.82) is 0 Å². The van der Waals surface area contributed by atoms with Gasteiger partial charge in [0.1, 0.15) is 0 Å². The highest BCUT2D eigenvalue weighted by Gasteiger charge is 2.54. The Kier molecular flexibility index (Phi) is 8.35. The summed E-state index contributed by atoms with van der Waals surface area (Å²) in [4.78, 5) is 4.73. The lowest BCUT2D eigenvalue weighted by Gasteiger charge is -2.29. The number of aliphatic imine (C=N–C) groups is 1. The van der Waals surface area contributed by atoms with Crippen LogP contribution < -0.4 is 0 Å². The van der Waals surface area contributed by atoms with E-state index >= 15 is 0 Å². The SMILES string of the molecule is C=C/N=C(C(/C=C\C)=C(C)C)/C(=C/C)C(CC)C1(C=CCC)CC1C. The average Bonchev–Trinajstić information content (AvgIpc) is 3.24. The van der Waals surface area contributed by atoms with E-state index in [4.69, 9.17) is 4.99 Å². The van der Waals surface area contributed by atoms with Gasteiger partial charge in [0.25, 0.3) is 0 Å². The molecular weight excluding hydrogens is 302 g/mol. The van der Waals surface area contributed by atoms with Crippen molar-refractivity contribution in [1.82, 2.24) is 0 Å². The number of nitrogens with zero attached hydrogens (tertiary/aromatic N) is 1. The molecule has 25 heavy (non-hydrogen) atoms. The van der Waals surface area contributed by atoms with Crippen LogP contribution in [0.5, 0.6) is 0 Å². The van der Waals surface area contributed by atoms with Gasteiger partial charge in [-0.2, -0.15) is 0 Å². The monoisotopic (exact) mass is 339 g/mol. The molecule has 0 radical (unpaired) electrons. The second-order valence-corrected chi connectivity index (χ2v) is 7.31. The van der Waals surface area contributed by atoms with E-state index in [1.54, 1.807) is 6.20 Å². The van der Waals surface area contributed by atoms with Gasteiger partial charge in [-0.3, -0.25) is 4.99 Å². The molecule has 1 aliphatic rings. The molecule has 1 saturated carbocycles. The quantitative estimate of drug-likeness (QED) is 0.235. The molecular formula is C24H37N. The molecule has 3 atom stereocenters. The Balaban J connectivity index is 3.46. The zero-order chi connectivity index (χ0) is 19.0. The Morgan fingerprint density at radius 2 is 1.92 bits per heavy atom. The van der Waals surface area contributed by atoms with Crippen molar-refractivity contribution < 1.29 is 0 Å². The fourth-order valence-electron chi connectivity index (χ4n) is 4.08. The summed E-state index contributed by atoms with van der Waals surface area (Å²) in [6, 6.07) is 0. The fraction of sp³-hybridized carbons (Fsp3) is 0.542. The summed E-state index contributed by atoms with van der Waals surface area (Å²) in [5.41, 5.74) is 5.25. The molecule has 0 saturated heterocycles. The third-order valence-electron chi connectivity index (χ3n) is 5.45. The summed E-state index contributed by atoms with van der Waals surface area (Å²) in [7, 11) is 0. The number of hydrogen-bond donors (Lipinski definition) is 0. The molecule has 0 aromatic rings. The average molecular weight is 340 g/mol. The van der Waals surface area contributed by atoms with Gasteiger partial charge in [-0.15, -0.1) is 0 Å². The van der Waals surface area contributed by atoms with Crippen LogP contribution in [-0.2, 0) is 0 Å². The predicted octanol–water partition coefficient (Wildman–Crippen LogP) is 7.45. The lowest BCUT2D eigenvalue weighted by atomic mass is 9.75. The van der Waals surface area contributed by atoms with Crippen molar-refractivity contribution in [2.24, 2.45) is 22.2 Å². The summed E-state index contributed by atoms with van der Waals surface area (Å²) < 4.78 is 0. The van der Waals surface area contributed by atoms with Gasteiger partial charge in [0.2, 0.25) is 0 Å². The molecule has 1 nitrogen and oxygen atoms in total. The van der Waals surface area contributed by atoms with E-state index < -0.39 is 0 Å². The molecule has 0 heterocycles. The van der Waals surface area contributed by atoms with Crippen LogP contribution in [-0.4, -0.2) is 5.71 Å². The molecule has 138 valence electrons. The van der Waals surface area contributed by atoms with Gasteiger partial charge in [0.05, 0.1) is 5.71 Å². The Bertz CT molecular complexity index is 608. The molecule has 0 aromatic carbocycles. The van der Waals surface area contributed by atoms with Gasteiger partial charge in [-0.05, 0) is 75.4 Å². The van der Waals surface area contributed by atoms with E-state index in [9.17, 15) is 0 Å². The van der Waals surface area contributed by atoms with Crippen molar-refractivity contribution in [2.45, 2.75) is 67.7 Å². The molecule has 0 bridgehead atoms. The maximum atomic E-state index is 4.73. The van der Waals surface area contributed by atoms with E-state index in [2.05, 4.69) is 85.4 Å². The molecule has 1 fully saturated rings. The van der Waals surface area contributed by atoms with Crippen LogP contribution in [0.25, 0.3) is 0 Å². The summed E-state index contributed by atoms with van der Waals surface area (Å²) in [5.74, 6) is 1.23. The first-order valence-electron chi connectivity index (χ1n) is 9.76. The topological polar surface area (TPSA) is 12.4 Å². The largest absolute Gasteiger partial charge is 0.257 e. The van der Waals surface area contributed by atoms with Gasteiger partial charge < -0.3 is 0 Å². The second-order valence-electron chi connectivity index (χ2n) is 7.31. The maximum absolute atomic E-state index is 4.73. The zero-order valence-corrected chi connectivity index (χ0v) is 17.4. The Hall–Kier alpha value is -1.63. The number of rotatable bonds is 9. The standard InChI is InChI=1S/C24H37N/c1-9-14-16-24(17-19(24)8)22(12-4)20(11-3)23(25-13-5)21(15-10-2)18(6)7/h10-11,13-16,19,22H,5,9,12,17H2,1-4,6-8H3/b15-10-,16-14?,20-11+,25-23-. The molecule has 3 unspecified atom stereocenters. The molecule has 0 aromatic heterocycles. The maximum Gasteiger partial charge on any atom is 0.0732 e. The van der Waals surface area contributed by atoms with Crippen LogP contribution >= 0.6 is 0 Å². The summed E-state index contributed by atoms with van der Waals surface area (Å²) >= 11 is 0. The second kappa shape index (κ2) is 9.75. The Morgan fingerprint density at radius 3 is 2.28 bits per heavy atom. The minimum absolute atomic E-state index is 0.289. The van der Waals surface area contributed by atoms with Gasteiger partial charge in [-0.1, -0.05) is 63.3 Å². The lowest BCUT2D eigenvalue weighted by Crippen LogP contribution is -2.24. The predicted molar refractivity (Wildman–Crippen MR) is 114 cm³/mol. The van der Waals surface area contributed by atoms with Crippen LogP contribution in [0.1, 0.15) is 67.7 Å². The highest BCUT2D eigenvalue weighted by atomic mass is 14.7. The zero-order valence-electron chi connectivity index (χ0n) is 17.4. The van der Waals surface area contributed by atoms with Crippen LogP contribution in [0.15, 0.2) is 64.9 Å². The summed E-state index contributed by atoms with van der Waals surface area (Å²) in [6.07, 6.45) is 16.6. The van der Waals surface area contributed by atoms with Gasteiger partial charge in [0.15, 0.2) is 0 Å². The normalized spacial score (nSPS) is 25.5. The molecule has 0 amide bonds. The van der Waals surface area contributed by atoms with Crippen LogP contribution in [0, 0.1) is 17.3 Å². The van der Waals surface area contributed by atoms with E-state index in [1.165, 1.54) is 23.1 Å². The first kappa shape index (κ1) is 21.4. The Labute approximate surface area is 156 Å². The molecule has 1 heteroatoms. The number of allylic oxidation sites excluding steroid dienone is 8. The van der Waals surface area contributed by atoms with Crippen molar-refractivity contribution >= 4 is 5.71 Å². The first-order valence-corrected chi connectivity index (χ1v) is 9.76. The third-order valence-corrected chi connectivity index (χ3v) is 5.45. The van der Waals surface area contributed by atoms with Gasteiger partial charge in [-0.25, -0.2) is 0 Å². The minimum atomic E-state index is 0.289. The molecule has 0 N–H and O–H groups in total. The minimum Gasteiger partial charge on any atom is -0.257 e. The van der Waals surface area contributed by atoms with Gasteiger partial charge in [0, 0.05) is 6.20 Å². The molecule has 1 aliphatic carbocycles. The van der Waals surface area contributed by atoms with Crippen molar-refractivity contribution in [3.8, 4) is 0 Å². The third kappa shape index (κ3) is 4.71. The highest BCUT2D eigenvalue weighted by Crippen LogP contribution is 2.62. The van der Waals surface area contributed by atoms with Gasteiger partial charge >= 0.3 is 0 Å². The van der Waals surface area contributed by atoms with Crippen molar-refractivity contribution in [3.05, 3.63) is 59.9 Å². The Morgan fingerprint density at radius 1 is 1.28 bits per heavy atom. The van der Waals surface area contributed by atoms with E-state index in [-0.39, 0.29) is 5.41 Å². The van der Waals surface area contributed by atoms with Crippen LogP contribution in [0.2, 0.25) is 0 Å². The van der Waals surface area contributed by atoms with E-state index in [0.717, 1.165) is 24.5 Å². The fourth-order valence-corrected chi connectivity index (χ4v) is 4.08. The van der Waals surface area contributed by atoms with E-state index in [0.29, 0.717) is 5.92 Å². The van der Waals surface area contributed by atoms with Crippen molar-refractivity contribution in [3.63, 3.8) is 0 Å². The number of hydrogen-bond acceptors (Lipinski definition) is 1. The first-order chi connectivity index (χ1) is 11.9. The lowest BCUT2D eigenvalue weighted by molar-refractivity contribution is 0.402. The molecule has 0 aliphatic heterocycles. The summed E-state index contributed by atoms with van der Waals surface area (Å²) in [5, 5.41) is 0. The highest BCUT2D eigenvalue weighted by molar-refractivity contribution is 6.15.